The number of hydrogen-bond acceptors (Lipinski definition) is 4. The minimum atomic E-state index is -4.06. The van der Waals surface area contributed by atoms with Crippen molar-refractivity contribution in [2.24, 2.45) is 0 Å². The zero-order valence-corrected chi connectivity index (χ0v) is 14.3. The Bertz CT molecular complexity index is 644. The molecule has 0 N–H and O–H groups in total. The second-order valence-corrected chi connectivity index (χ2v) is 7.91. The van der Waals surface area contributed by atoms with Gasteiger partial charge < -0.3 is 4.74 Å². The maximum Gasteiger partial charge on any atom is 0.245 e. The average Bonchev–Trinajstić information content (AvgIpc) is 2.46. The summed E-state index contributed by atoms with van der Waals surface area (Å²) in [4.78, 5) is 1.47. The van der Waals surface area contributed by atoms with Crippen molar-refractivity contribution in [3.05, 3.63) is 29.8 Å². The van der Waals surface area contributed by atoms with Gasteiger partial charge in [-0.2, -0.15) is 4.31 Å². The number of morpholine rings is 1. The zero-order chi connectivity index (χ0) is 17.2. The van der Waals surface area contributed by atoms with Crippen LogP contribution in [-0.4, -0.2) is 63.1 Å². The van der Waals surface area contributed by atoms with E-state index in [1.807, 2.05) is 13.8 Å². The molecule has 0 spiro atoms. The highest BCUT2D eigenvalue weighted by molar-refractivity contribution is 7.89. The molecule has 0 amide bonds. The van der Waals surface area contributed by atoms with Crippen molar-refractivity contribution in [2.75, 3.05) is 33.2 Å². The molecule has 1 heterocycles. The number of benzene rings is 1. The maximum absolute atomic E-state index is 13.7. The third-order valence-electron chi connectivity index (χ3n) is 3.83. The highest BCUT2D eigenvalue weighted by Crippen LogP contribution is 2.20. The molecule has 5 nitrogen and oxygen atoms in total. The molecular formula is C15H22F2N2O3S. The normalized spacial score (nSPS) is 23.4. The molecule has 23 heavy (non-hydrogen) atoms. The summed E-state index contributed by atoms with van der Waals surface area (Å²) < 4.78 is 58.4. The standard InChI is InChI=1S/C15H22F2N2O3S/c1-11-9-19(10-12(2)22-11)8-7-18(3)23(20,21)14-6-4-5-13(16)15(14)17/h4-6,11-12H,7-10H2,1-3H3/t11-,12+. The van der Waals surface area contributed by atoms with Crippen molar-refractivity contribution in [2.45, 2.75) is 31.0 Å². The Morgan fingerprint density at radius 3 is 2.48 bits per heavy atom. The molecule has 1 saturated heterocycles. The number of halogens is 2. The van der Waals surface area contributed by atoms with Gasteiger partial charge in [0.05, 0.1) is 12.2 Å². The van der Waals surface area contributed by atoms with Gasteiger partial charge in [-0.25, -0.2) is 17.2 Å². The number of rotatable bonds is 5. The first kappa shape index (κ1) is 18.3. The molecule has 1 aliphatic heterocycles. The van der Waals surface area contributed by atoms with Crippen LogP contribution < -0.4 is 0 Å². The molecule has 1 aromatic carbocycles. The lowest BCUT2D eigenvalue weighted by Crippen LogP contribution is -2.48. The van der Waals surface area contributed by atoms with Gasteiger partial charge in [-0.3, -0.25) is 4.90 Å². The van der Waals surface area contributed by atoms with Crippen molar-refractivity contribution >= 4 is 10.0 Å². The number of hydrogen-bond donors (Lipinski definition) is 0. The summed E-state index contributed by atoms with van der Waals surface area (Å²) in [6.07, 6.45) is 0.169. The van der Waals surface area contributed by atoms with Gasteiger partial charge in [0, 0.05) is 33.2 Å². The molecule has 1 aliphatic rings. The van der Waals surface area contributed by atoms with Crippen LogP contribution in [0, 0.1) is 11.6 Å². The van der Waals surface area contributed by atoms with Crippen LogP contribution in [0.3, 0.4) is 0 Å². The minimum Gasteiger partial charge on any atom is -0.373 e. The molecule has 2 atom stereocenters. The summed E-state index contributed by atoms with van der Waals surface area (Å²) in [6, 6.07) is 3.15. The Hall–Kier alpha value is -1.09. The second kappa shape index (κ2) is 7.21. The summed E-state index contributed by atoms with van der Waals surface area (Å²) in [6.45, 7) is 6.05. The fourth-order valence-electron chi connectivity index (χ4n) is 2.72. The average molecular weight is 348 g/mol. The molecule has 0 radical (unpaired) electrons. The highest BCUT2D eigenvalue weighted by Gasteiger charge is 2.28. The number of ether oxygens (including phenoxy) is 1. The molecule has 130 valence electrons. The van der Waals surface area contributed by atoms with Crippen molar-refractivity contribution in [1.82, 2.24) is 9.21 Å². The van der Waals surface area contributed by atoms with E-state index in [0.29, 0.717) is 19.6 Å². The van der Waals surface area contributed by atoms with Crippen LogP contribution in [-0.2, 0) is 14.8 Å². The molecule has 8 heteroatoms. The molecule has 1 fully saturated rings. The van der Waals surface area contributed by atoms with E-state index in [2.05, 4.69) is 4.90 Å². The Morgan fingerprint density at radius 1 is 1.26 bits per heavy atom. The van der Waals surface area contributed by atoms with Gasteiger partial charge >= 0.3 is 0 Å². The van der Waals surface area contributed by atoms with Crippen LogP contribution in [0.1, 0.15) is 13.8 Å². The van der Waals surface area contributed by atoms with E-state index >= 15 is 0 Å². The SMILES string of the molecule is C[C@@H]1CN(CCN(C)S(=O)(=O)c2cccc(F)c2F)C[C@H](C)O1. The van der Waals surface area contributed by atoms with Crippen molar-refractivity contribution < 1.29 is 21.9 Å². The number of sulfonamides is 1. The molecule has 0 unspecified atom stereocenters. The largest absolute Gasteiger partial charge is 0.373 e. The molecule has 0 aliphatic carbocycles. The lowest BCUT2D eigenvalue weighted by Gasteiger charge is -2.35. The van der Waals surface area contributed by atoms with Crippen molar-refractivity contribution in [3.8, 4) is 0 Å². The van der Waals surface area contributed by atoms with Crippen LogP contribution in [0.15, 0.2) is 23.1 Å². The molecular weight excluding hydrogens is 326 g/mol. The number of nitrogens with zero attached hydrogens (tertiary/aromatic N) is 2. The third-order valence-corrected chi connectivity index (χ3v) is 5.71. The van der Waals surface area contributed by atoms with Gasteiger partial charge in [0.25, 0.3) is 0 Å². The summed E-state index contributed by atoms with van der Waals surface area (Å²) in [5, 5.41) is 0. The van der Waals surface area contributed by atoms with E-state index < -0.39 is 26.6 Å². The summed E-state index contributed by atoms with van der Waals surface area (Å²) in [5.74, 6) is -2.51. The summed E-state index contributed by atoms with van der Waals surface area (Å²) in [7, 11) is -2.69. The van der Waals surface area contributed by atoms with Gasteiger partial charge in [0.1, 0.15) is 4.90 Å². The summed E-state index contributed by atoms with van der Waals surface area (Å²) in [5.41, 5.74) is 0. The second-order valence-electron chi connectivity index (χ2n) is 5.90. The lowest BCUT2D eigenvalue weighted by atomic mass is 10.2. The van der Waals surface area contributed by atoms with Gasteiger partial charge in [0.2, 0.25) is 10.0 Å². The van der Waals surface area contributed by atoms with E-state index in [4.69, 9.17) is 4.74 Å². The first-order valence-electron chi connectivity index (χ1n) is 7.50. The zero-order valence-electron chi connectivity index (χ0n) is 13.5. The molecule has 0 aromatic heterocycles. The Balaban J connectivity index is 2.04. The van der Waals surface area contributed by atoms with Gasteiger partial charge in [0.15, 0.2) is 11.6 Å². The fourth-order valence-corrected chi connectivity index (χ4v) is 3.95. The predicted molar refractivity (Wildman–Crippen MR) is 82.6 cm³/mol. The van der Waals surface area contributed by atoms with E-state index in [9.17, 15) is 17.2 Å². The molecule has 0 bridgehead atoms. The molecule has 2 rings (SSSR count). The first-order chi connectivity index (χ1) is 10.7. The van der Waals surface area contributed by atoms with Gasteiger partial charge in [-0.05, 0) is 26.0 Å². The highest BCUT2D eigenvalue weighted by atomic mass is 32.2. The number of likely N-dealkylation sites (N-methyl/N-ethyl adjacent to an activating group) is 1. The monoisotopic (exact) mass is 348 g/mol. The van der Waals surface area contributed by atoms with E-state index in [1.54, 1.807) is 0 Å². The van der Waals surface area contributed by atoms with Crippen LogP contribution in [0.4, 0.5) is 8.78 Å². The van der Waals surface area contributed by atoms with Crippen LogP contribution in [0.2, 0.25) is 0 Å². The predicted octanol–water partition coefficient (Wildman–Crippen LogP) is 1.69. The first-order valence-corrected chi connectivity index (χ1v) is 8.94. The Labute approximate surface area is 135 Å². The van der Waals surface area contributed by atoms with Crippen molar-refractivity contribution in [3.63, 3.8) is 0 Å². The van der Waals surface area contributed by atoms with E-state index in [0.717, 1.165) is 16.4 Å². The topological polar surface area (TPSA) is 49.9 Å². The fraction of sp³-hybridized carbons (Fsp3) is 0.600. The van der Waals surface area contributed by atoms with E-state index in [1.165, 1.54) is 13.1 Å². The molecule has 1 aromatic rings. The van der Waals surface area contributed by atoms with Crippen LogP contribution >= 0.6 is 0 Å². The maximum atomic E-state index is 13.7. The van der Waals surface area contributed by atoms with Gasteiger partial charge in [-0.15, -0.1) is 0 Å². The third kappa shape index (κ3) is 4.26. The molecule has 0 saturated carbocycles. The Kier molecular flexibility index (Phi) is 5.72. The smallest absolute Gasteiger partial charge is 0.245 e. The quantitative estimate of drug-likeness (QED) is 0.813. The van der Waals surface area contributed by atoms with Gasteiger partial charge in [-0.1, -0.05) is 6.07 Å². The van der Waals surface area contributed by atoms with E-state index in [-0.39, 0.29) is 18.8 Å². The van der Waals surface area contributed by atoms with Crippen molar-refractivity contribution in [1.29, 1.82) is 0 Å². The Morgan fingerprint density at radius 2 is 1.87 bits per heavy atom. The minimum absolute atomic E-state index is 0.0846. The summed E-state index contributed by atoms with van der Waals surface area (Å²) >= 11 is 0. The van der Waals surface area contributed by atoms with Crippen LogP contribution in [0.5, 0.6) is 0 Å². The lowest BCUT2D eigenvalue weighted by molar-refractivity contribution is -0.0681. The van der Waals surface area contributed by atoms with Crippen LogP contribution in [0.25, 0.3) is 0 Å².